The van der Waals surface area contributed by atoms with Crippen molar-refractivity contribution in [3.05, 3.63) is 47.0 Å². The Morgan fingerprint density at radius 2 is 2.10 bits per heavy atom. The molecule has 1 N–H and O–H groups in total. The predicted molar refractivity (Wildman–Crippen MR) is 75.4 cm³/mol. The third-order valence-corrected chi connectivity index (χ3v) is 3.16. The van der Waals surface area contributed by atoms with Crippen LogP contribution in [0, 0.1) is 6.92 Å². The Labute approximate surface area is 118 Å². The van der Waals surface area contributed by atoms with Crippen molar-refractivity contribution in [3.8, 4) is 0 Å². The zero-order chi connectivity index (χ0) is 14.5. The van der Waals surface area contributed by atoms with Gasteiger partial charge in [-0.3, -0.25) is 9.89 Å². The number of ether oxygens (including phenoxy) is 1. The molecular weight excluding hydrogens is 254 g/mol. The number of esters is 1. The average Bonchev–Trinajstić information content (AvgIpc) is 2.90. The van der Waals surface area contributed by atoms with Crippen molar-refractivity contribution in [2.75, 3.05) is 6.61 Å². The van der Waals surface area contributed by atoms with Crippen LogP contribution in [0.1, 0.15) is 42.5 Å². The smallest absolute Gasteiger partial charge is 0.321 e. The Kier molecular flexibility index (Phi) is 4.50. The van der Waals surface area contributed by atoms with Crippen molar-refractivity contribution < 1.29 is 9.53 Å². The molecule has 1 aromatic carbocycles. The van der Waals surface area contributed by atoms with Gasteiger partial charge in [-0.15, -0.1) is 0 Å². The molecule has 2 aromatic rings. The summed E-state index contributed by atoms with van der Waals surface area (Å²) in [6.07, 6.45) is 0.746. The summed E-state index contributed by atoms with van der Waals surface area (Å²) >= 11 is 0. The molecule has 2 rings (SSSR count). The van der Waals surface area contributed by atoms with Crippen LogP contribution in [0.2, 0.25) is 0 Å². The number of H-pyrrole nitrogens is 1. The van der Waals surface area contributed by atoms with Gasteiger partial charge in [0.15, 0.2) is 5.82 Å². The van der Waals surface area contributed by atoms with Crippen molar-refractivity contribution in [1.82, 2.24) is 15.2 Å². The minimum atomic E-state index is -0.576. The highest BCUT2D eigenvalue weighted by molar-refractivity contribution is 5.81. The number of benzene rings is 1. The third kappa shape index (κ3) is 2.87. The van der Waals surface area contributed by atoms with Crippen LogP contribution in [0.3, 0.4) is 0 Å². The molecule has 0 aliphatic rings. The number of aryl methyl sites for hydroxylation is 2. The van der Waals surface area contributed by atoms with Gasteiger partial charge in [-0.25, -0.2) is 4.98 Å². The first-order valence-electron chi connectivity index (χ1n) is 6.80. The molecule has 1 unspecified atom stereocenters. The van der Waals surface area contributed by atoms with Crippen LogP contribution in [0.4, 0.5) is 0 Å². The second-order valence-corrected chi connectivity index (χ2v) is 4.54. The molecule has 1 atom stereocenters. The third-order valence-electron chi connectivity index (χ3n) is 3.16. The van der Waals surface area contributed by atoms with Gasteiger partial charge in [0, 0.05) is 6.42 Å². The summed E-state index contributed by atoms with van der Waals surface area (Å²) in [5.74, 6) is 0.341. The van der Waals surface area contributed by atoms with Crippen LogP contribution in [0.15, 0.2) is 24.3 Å². The lowest BCUT2D eigenvalue weighted by Crippen LogP contribution is -2.19. The van der Waals surface area contributed by atoms with Gasteiger partial charge in [-0.05, 0) is 25.0 Å². The Bertz CT molecular complexity index is 592. The van der Waals surface area contributed by atoms with Crippen LogP contribution >= 0.6 is 0 Å². The Morgan fingerprint density at radius 3 is 2.70 bits per heavy atom. The summed E-state index contributed by atoms with van der Waals surface area (Å²) in [4.78, 5) is 16.7. The Morgan fingerprint density at radius 1 is 1.35 bits per heavy atom. The Hall–Kier alpha value is -2.17. The monoisotopic (exact) mass is 273 g/mol. The van der Waals surface area contributed by atoms with E-state index in [4.69, 9.17) is 4.74 Å². The molecule has 1 aromatic heterocycles. The highest BCUT2D eigenvalue weighted by Gasteiger charge is 2.29. The number of nitrogens with zero attached hydrogens (tertiary/aromatic N) is 2. The zero-order valence-electron chi connectivity index (χ0n) is 12.0. The van der Waals surface area contributed by atoms with E-state index in [-0.39, 0.29) is 5.97 Å². The molecule has 0 radical (unpaired) electrons. The van der Waals surface area contributed by atoms with Crippen LogP contribution in [-0.4, -0.2) is 27.8 Å². The van der Waals surface area contributed by atoms with E-state index in [1.807, 2.05) is 38.1 Å². The molecule has 0 fully saturated rings. The minimum absolute atomic E-state index is 0.316. The van der Waals surface area contributed by atoms with Gasteiger partial charge in [0.25, 0.3) is 0 Å². The summed E-state index contributed by atoms with van der Waals surface area (Å²) in [7, 11) is 0. The summed E-state index contributed by atoms with van der Waals surface area (Å²) in [5.41, 5.74) is 1.90. The van der Waals surface area contributed by atoms with E-state index in [0.29, 0.717) is 12.4 Å². The molecule has 20 heavy (non-hydrogen) atoms. The van der Waals surface area contributed by atoms with E-state index in [9.17, 15) is 4.79 Å². The van der Waals surface area contributed by atoms with E-state index in [1.54, 1.807) is 6.92 Å². The number of nitrogens with one attached hydrogen (secondary N) is 1. The van der Waals surface area contributed by atoms with Gasteiger partial charge in [0.1, 0.15) is 11.7 Å². The van der Waals surface area contributed by atoms with E-state index < -0.39 is 5.92 Å². The van der Waals surface area contributed by atoms with Crippen LogP contribution in [0.25, 0.3) is 0 Å². The second kappa shape index (κ2) is 6.32. The van der Waals surface area contributed by atoms with Crippen molar-refractivity contribution in [2.24, 2.45) is 0 Å². The minimum Gasteiger partial charge on any atom is -0.465 e. The highest BCUT2D eigenvalue weighted by atomic mass is 16.5. The number of hydrogen-bond acceptors (Lipinski definition) is 4. The van der Waals surface area contributed by atoms with Crippen molar-refractivity contribution in [1.29, 1.82) is 0 Å². The van der Waals surface area contributed by atoms with Crippen molar-refractivity contribution in [2.45, 2.75) is 33.1 Å². The second-order valence-electron chi connectivity index (χ2n) is 4.54. The van der Waals surface area contributed by atoms with Crippen LogP contribution < -0.4 is 0 Å². The number of rotatable bonds is 5. The molecule has 0 saturated heterocycles. The molecule has 106 valence electrons. The van der Waals surface area contributed by atoms with E-state index in [1.165, 1.54) is 0 Å². The molecule has 0 saturated carbocycles. The standard InChI is InChI=1S/C15H19N3O2/c1-4-12-16-14(18-17-12)13(15(19)20-5-2)11-9-7-6-8-10(11)3/h6-9,13H,4-5H2,1-3H3,(H,16,17,18). The van der Waals surface area contributed by atoms with E-state index >= 15 is 0 Å². The number of aromatic amines is 1. The Balaban J connectivity index is 2.44. The fraction of sp³-hybridized carbons (Fsp3) is 0.400. The summed E-state index contributed by atoms with van der Waals surface area (Å²) in [6.45, 7) is 6.08. The van der Waals surface area contributed by atoms with Crippen molar-refractivity contribution >= 4 is 5.97 Å². The molecule has 0 spiro atoms. The van der Waals surface area contributed by atoms with E-state index in [0.717, 1.165) is 23.4 Å². The van der Waals surface area contributed by atoms with Gasteiger partial charge in [0.05, 0.1) is 6.61 Å². The lowest BCUT2D eigenvalue weighted by atomic mass is 9.94. The van der Waals surface area contributed by atoms with Gasteiger partial charge in [-0.2, -0.15) is 5.10 Å². The highest BCUT2D eigenvalue weighted by Crippen LogP contribution is 2.26. The predicted octanol–water partition coefficient (Wildman–Crippen LogP) is 2.37. The van der Waals surface area contributed by atoms with Gasteiger partial charge >= 0.3 is 5.97 Å². The normalized spacial score (nSPS) is 12.2. The largest absolute Gasteiger partial charge is 0.465 e. The molecule has 0 amide bonds. The van der Waals surface area contributed by atoms with Gasteiger partial charge in [0.2, 0.25) is 0 Å². The average molecular weight is 273 g/mol. The first kappa shape index (κ1) is 14.2. The molecular formula is C15H19N3O2. The van der Waals surface area contributed by atoms with Crippen molar-refractivity contribution in [3.63, 3.8) is 0 Å². The summed E-state index contributed by atoms with van der Waals surface area (Å²) < 4.78 is 5.18. The van der Waals surface area contributed by atoms with E-state index in [2.05, 4.69) is 15.2 Å². The quantitative estimate of drug-likeness (QED) is 0.849. The lowest BCUT2D eigenvalue weighted by molar-refractivity contribution is -0.144. The van der Waals surface area contributed by atoms with Gasteiger partial charge in [-0.1, -0.05) is 31.2 Å². The summed E-state index contributed by atoms with van der Waals surface area (Å²) in [6, 6.07) is 7.73. The molecule has 5 heteroatoms. The number of carbonyl (C=O) groups excluding carboxylic acids is 1. The maximum absolute atomic E-state index is 12.3. The number of carbonyl (C=O) groups is 1. The maximum atomic E-state index is 12.3. The fourth-order valence-electron chi connectivity index (χ4n) is 2.11. The molecule has 0 aliphatic carbocycles. The first-order valence-corrected chi connectivity index (χ1v) is 6.80. The summed E-state index contributed by atoms with van der Waals surface area (Å²) in [5, 5.41) is 7.02. The lowest BCUT2D eigenvalue weighted by Gasteiger charge is -2.15. The zero-order valence-corrected chi connectivity index (χ0v) is 12.0. The number of aromatic nitrogens is 3. The molecule has 0 aliphatic heterocycles. The first-order chi connectivity index (χ1) is 9.67. The molecule has 5 nitrogen and oxygen atoms in total. The van der Waals surface area contributed by atoms with Gasteiger partial charge < -0.3 is 4.74 Å². The SMILES string of the molecule is CCOC(=O)C(c1n[nH]c(CC)n1)c1ccccc1C. The van der Waals surface area contributed by atoms with Crippen LogP contribution in [-0.2, 0) is 16.0 Å². The molecule has 0 bridgehead atoms. The fourth-order valence-corrected chi connectivity index (χ4v) is 2.11. The topological polar surface area (TPSA) is 67.9 Å². The number of hydrogen-bond donors (Lipinski definition) is 1. The molecule has 1 heterocycles. The van der Waals surface area contributed by atoms with Crippen LogP contribution in [0.5, 0.6) is 0 Å². The maximum Gasteiger partial charge on any atom is 0.321 e.